The lowest BCUT2D eigenvalue weighted by Crippen LogP contribution is -2.55. The van der Waals surface area contributed by atoms with Crippen LogP contribution in [-0.2, 0) is 10.3 Å². The fourth-order valence-corrected chi connectivity index (χ4v) is 3.27. The molecule has 1 saturated heterocycles. The highest BCUT2D eigenvalue weighted by Crippen LogP contribution is 2.27. The maximum Gasteiger partial charge on any atom is 0.248 e. The SMILES string of the molecule is Cc1ccccc1OC(C)CNC(=O)C1(n2cccn2)CCNCC1. The third-order valence-electron chi connectivity index (χ3n) is 4.77. The van der Waals surface area contributed by atoms with E-state index in [2.05, 4.69) is 15.7 Å². The number of amides is 1. The van der Waals surface area contributed by atoms with E-state index in [1.807, 2.05) is 50.4 Å². The molecular weight excluding hydrogens is 316 g/mol. The molecule has 1 unspecified atom stereocenters. The Labute approximate surface area is 148 Å². The second-order valence-electron chi connectivity index (χ2n) is 6.64. The van der Waals surface area contributed by atoms with Crippen molar-refractivity contribution in [2.45, 2.75) is 38.3 Å². The van der Waals surface area contributed by atoms with Crippen LogP contribution in [0.15, 0.2) is 42.7 Å². The van der Waals surface area contributed by atoms with Gasteiger partial charge < -0.3 is 15.4 Å². The Hall–Kier alpha value is -2.34. The van der Waals surface area contributed by atoms with Gasteiger partial charge in [-0.2, -0.15) is 5.10 Å². The summed E-state index contributed by atoms with van der Waals surface area (Å²) in [7, 11) is 0. The van der Waals surface area contributed by atoms with E-state index in [4.69, 9.17) is 4.74 Å². The number of hydrogen-bond donors (Lipinski definition) is 2. The van der Waals surface area contributed by atoms with E-state index in [0.717, 1.165) is 37.2 Å². The van der Waals surface area contributed by atoms with E-state index < -0.39 is 5.54 Å². The molecule has 1 atom stereocenters. The number of ether oxygens (including phenoxy) is 1. The van der Waals surface area contributed by atoms with Gasteiger partial charge in [-0.15, -0.1) is 0 Å². The number of aryl methyl sites for hydroxylation is 1. The van der Waals surface area contributed by atoms with Gasteiger partial charge in [0.15, 0.2) is 0 Å². The second kappa shape index (κ2) is 7.70. The van der Waals surface area contributed by atoms with Crippen molar-refractivity contribution < 1.29 is 9.53 Å². The molecule has 1 fully saturated rings. The van der Waals surface area contributed by atoms with Crippen LogP contribution in [0, 0.1) is 6.92 Å². The summed E-state index contributed by atoms with van der Waals surface area (Å²) in [6.45, 7) is 6.06. The van der Waals surface area contributed by atoms with Crippen molar-refractivity contribution in [3.8, 4) is 5.75 Å². The molecule has 2 N–H and O–H groups in total. The molecule has 25 heavy (non-hydrogen) atoms. The Morgan fingerprint density at radius 2 is 2.12 bits per heavy atom. The van der Waals surface area contributed by atoms with Crippen molar-refractivity contribution in [3.63, 3.8) is 0 Å². The average Bonchev–Trinajstić information content (AvgIpc) is 3.17. The lowest BCUT2D eigenvalue weighted by atomic mass is 9.87. The van der Waals surface area contributed by atoms with Gasteiger partial charge in [0.2, 0.25) is 5.91 Å². The highest BCUT2D eigenvalue weighted by molar-refractivity contribution is 5.84. The fourth-order valence-electron chi connectivity index (χ4n) is 3.27. The number of nitrogens with zero attached hydrogens (tertiary/aromatic N) is 2. The van der Waals surface area contributed by atoms with Crippen LogP contribution in [-0.4, -0.2) is 41.4 Å². The first kappa shape index (κ1) is 17.5. The Kier molecular flexibility index (Phi) is 5.38. The molecule has 2 aromatic rings. The molecule has 0 aliphatic carbocycles. The number of piperidine rings is 1. The zero-order valence-electron chi connectivity index (χ0n) is 14.9. The van der Waals surface area contributed by atoms with Crippen LogP contribution in [0.1, 0.15) is 25.3 Å². The third-order valence-corrected chi connectivity index (χ3v) is 4.77. The highest BCUT2D eigenvalue weighted by Gasteiger charge is 2.41. The molecule has 3 rings (SSSR count). The molecule has 1 amide bonds. The minimum Gasteiger partial charge on any atom is -0.489 e. The first-order valence-electron chi connectivity index (χ1n) is 8.83. The molecule has 1 aliphatic rings. The third kappa shape index (κ3) is 3.85. The summed E-state index contributed by atoms with van der Waals surface area (Å²) in [6, 6.07) is 9.77. The van der Waals surface area contributed by atoms with E-state index in [9.17, 15) is 4.79 Å². The molecule has 134 valence electrons. The zero-order chi connectivity index (χ0) is 17.7. The Morgan fingerprint density at radius 3 is 2.80 bits per heavy atom. The van der Waals surface area contributed by atoms with Gasteiger partial charge in [-0.3, -0.25) is 9.48 Å². The van der Waals surface area contributed by atoms with Gasteiger partial charge in [-0.25, -0.2) is 0 Å². The van der Waals surface area contributed by atoms with Gasteiger partial charge in [-0.05, 0) is 57.5 Å². The lowest BCUT2D eigenvalue weighted by Gasteiger charge is -2.36. The van der Waals surface area contributed by atoms with Crippen molar-refractivity contribution in [1.29, 1.82) is 0 Å². The minimum absolute atomic E-state index is 0.0120. The summed E-state index contributed by atoms with van der Waals surface area (Å²) in [5, 5.41) is 10.7. The number of aromatic nitrogens is 2. The predicted molar refractivity (Wildman–Crippen MR) is 96.6 cm³/mol. The molecule has 0 radical (unpaired) electrons. The second-order valence-corrected chi connectivity index (χ2v) is 6.64. The van der Waals surface area contributed by atoms with E-state index in [1.54, 1.807) is 10.9 Å². The van der Waals surface area contributed by atoms with Crippen LogP contribution in [0.2, 0.25) is 0 Å². The normalized spacial score (nSPS) is 17.7. The van der Waals surface area contributed by atoms with Crippen LogP contribution in [0.3, 0.4) is 0 Å². The van der Waals surface area contributed by atoms with Gasteiger partial charge in [0.25, 0.3) is 0 Å². The molecule has 0 spiro atoms. The van der Waals surface area contributed by atoms with Crippen molar-refractivity contribution in [3.05, 3.63) is 48.3 Å². The summed E-state index contributed by atoms with van der Waals surface area (Å²) in [4.78, 5) is 13.0. The summed E-state index contributed by atoms with van der Waals surface area (Å²) in [6.07, 6.45) is 4.95. The van der Waals surface area contributed by atoms with Gasteiger partial charge in [0.1, 0.15) is 17.4 Å². The number of hydrogen-bond acceptors (Lipinski definition) is 4. The van der Waals surface area contributed by atoms with E-state index in [1.165, 1.54) is 0 Å². The highest BCUT2D eigenvalue weighted by atomic mass is 16.5. The van der Waals surface area contributed by atoms with Crippen LogP contribution < -0.4 is 15.4 Å². The predicted octanol–water partition coefficient (Wildman–Crippen LogP) is 1.85. The van der Waals surface area contributed by atoms with E-state index >= 15 is 0 Å². The van der Waals surface area contributed by atoms with Crippen molar-refractivity contribution in [1.82, 2.24) is 20.4 Å². The standard InChI is InChI=1S/C19H26N4O2/c1-15-6-3-4-7-17(15)25-16(2)14-21-18(24)19(8-11-20-12-9-19)23-13-5-10-22-23/h3-7,10,13,16,20H,8-9,11-12,14H2,1-2H3,(H,21,24). The van der Waals surface area contributed by atoms with Gasteiger partial charge >= 0.3 is 0 Å². The first-order valence-corrected chi connectivity index (χ1v) is 8.83. The monoisotopic (exact) mass is 342 g/mol. The zero-order valence-corrected chi connectivity index (χ0v) is 14.9. The number of nitrogens with one attached hydrogen (secondary N) is 2. The largest absolute Gasteiger partial charge is 0.489 e. The summed E-state index contributed by atoms with van der Waals surface area (Å²) >= 11 is 0. The number of para-hydroxylation sites is 1. The fraction of sp³-hybridized carbons (Fsp3) is 0.474. The number of carbonyl (C=O) groups excluding carboxylic acids is 1. The van der Waals surface area contributed by atoms with Gasteiger partial charge in [0.05, 0.1) is 6.54 Å². The summed E-state index contributed by atoms with van der Waals surface area (Å²) in [5.74, 6) is 0.867. The van der Waals surface area contributed by atoms with E-state index in [0.29, 0.717) is 6.54 Å². The number of carbonyl (C=O) groups is 1. The smallest absolute Gasteiger partial charge is 0.248 e. The van der Waals surface area contributed by atoms with Gasteiger partial charge in [0, 0.05) is 12.4 Å². The van der Waals surface area contributed by atoms with Gasteiger partial charge in [-0.1, -0.05) is 18.2 Å². The van der Waals surface area contributed by atoms with E-state index in [-0.39, 0.29) is 12.0 Å². The molecule has 0 bridgehead atoms. The molecular formula is C19H26N4O2. The molecule has 6 nitrogen and oxygen atoms in total. The molecule has 0 saturated carbocycles. The average molecular weight is 342 g/mol. The van der Waals surface area contributed by atoms with Crippen LogP contribution in [0.4, 0.5) is 0 Å². The quantitative estimate of drug-likeness (QED) is 0.841. The van der Waals surface area contributed by atoms with Crippen LogP contribution >= 0.6 is 0 Å². The summed E-state index contributed by atoms with van der Waals surface area (Å²) < 4.78 is 7.76. The molecule has 1 aromatic carbocycles. The Bertz CT molecular complexity index is 693. The number of benzene rings is 1. The molecule has 2 heterocycles. The Balaban J connectivity index is 1.63. The maximum absolute atomic E-state index is 13.0. The first-order chi connectivity index (χ1) is 12.1. The van der Waals surface area contributed by atoms with Crippen molar-refractivity contribution in [2.24, 2.45) is 0 Å². The van der Waals surface area contributed by atoms with Crippen molar-refractivity contribution >= 4 is 5.91 Å². The topological polar surface area (TPSA) is 68.2 Å². The van der Waals surface area contributed by atoms with Crippen molar-refractivity contribution in [2.75, 3.05) is 19.6 Å². The van der Waals surface area contributed by atoms with Crippen LogP contribution in [0.5, 0.6) is 5.75 Å². The molecule has 6 heteroatoms. The summed E-state index contributed by atoms with van der Waals surface area (Å²) in [5.41, 5.74) is 0.476. The molecule has 1 aromatic heterocycles. The Morgan fingerprint density at radius 1 is 1.36 bits per heavy atom. The number of rotatable bonds is 6. The minimum atomic E-state index is -0.614. The lowest BCUT2D eigenvalue weighted by molar-refractivity contribution is -0.132. The molecule has 1 aliphatic heterocycles. The van der Waals surface area contributed by atoms with Crippen LogP contribution in [0.25, 0.3) is 0 Å². The maximum atomic E-state index is 13.0.